The van der Waals surface area contributed by atoms with Crippen LogP contribution in [0.5, 0.6) is 5.75 Å². The first-order chi connectivity index (χ1) is 19.0. The molecule has 2 N–H and O–H groups in total. The Morgan fingerprint density at radius 1 is 0.795 bits per heavy atom. The molecule has 0 spiro atoms. The van der Waals surface area contributed by atoms with Crippen molar-refractivity contribution in [2.24, 2.45) is 0 Å². The van der Waals surface area contributed by atoms with E-state index in [1.807, 2.05) is 30.3 Å². The zero-order valence-corrected chi connectivity index (χ0v) is 20.6. The number of carbonyl (C=O) groups is 1. The van der Waals surface area contributed by atoms with Gasteiger partial charge >= 0.3 is 0 Å². The van der Waals surface area contributed by atoms with Crippen molar-refractivity contribution in [2.75, 3.05) is 0 Å². The number of H-pyrrole nitrogens is 2. The van der Waals surface area contributed by atoms with E-state index in [0.29, 0.717) is 34.7 Å². The number of aromatic nitrogens is 3. The van der Waals surface area contributed by atoms with Crippen LogP contribution in [0.3, 0.4) is 0 Å². The van der Waals surface area contributed by atoms with E-state index >= 15 is 0 Å². The van der Waals surface area contributed by atoms with Crippen molar-refractivity contribution in [1.82, 2.24) is 15.0 Å². The van der Waals surface area contributed by atoms with Crippen LogP contribution >= 0.6 is 0 Å². The molecule has 0 unspecified atom stereocenters. The number of hydrogen-bond donors (Lipinski definition) is 2. The first kappa shape index (κ1) is 25.3. The number of ketones is 1. The Hall–Kier alpha value is -5.37. The van der Waals surface area contributed by atoms with Crippen LogP contribution in [0.25, 0.3) is 12.2 Å². The Morgan fingerprint density at radius 2 is 1.51 bits per heavy atom. The summed E-state index contributed by atoms with van der Waals surface area (Å²) in [6.45, 7) is 0.316. The predicted molar refractivity (Wildman–Crippen MR) is 145 cm³/mol. The zero-order chi connectivity index (χ0) is 27.2. The van der Waals surface area contributed by atoms with Crippen LogP contribution in [0, 0.1) is 5.82 Å². The van der Waals surface area contributed by atoms with Crippen molar-refractivity contribution in [1.29, 1.82) is 0 Å². The summed E-state index contributed by atoms with van der Waals surface area (Å²) in [4.78, 5) is 47.9. The van der Waals surface area contributed by atoms with E-state index in [-0.39, 0.29) is 16.5 Å². The second-order valence-corrected chi connectivity index (χ2v) is 8.65. The highest BCUT2D eigenvalue weighted by atomic mass is 19.1. The molecular formula is C31H22FN3O4. The molecule has 39 heavy (non-hydrogen) atoms. The maximum Gasteiger partial charge on any atom is 0.272 e. The first-order valence-electron chi connectivity index (χ1n) is 12.0. The summed E-state index contributed by atoms with van der Waals surface area (Å²) in [5, 5.41) is 0.0331. The lowest BCUT2D eigenvalue weighted by atomic mass is 10.0. The zero-order valence-electron chi connectivity index (χ0n) is 20.6. The van der Waals surface area contributed by atoms with Gasteiger partial charge in [-0.3, -0.25) is 19.4 Å². The van der Waals surface area contributed by atoms with Gasteiger partial charge in [-0.2, -0.15) is 0 Å². The Morgan fingerprint density at radius 3 is 2.26 bits per heavy atom. The standard InChI is InChI=1S/C31H22FN3O4/c32-24-13-11-22(12-14-24)29(36)23-9-4-8-21(16-23)17-26-30(37)35-27(31(38)34-26)18-25-28(10-5-15-33-25)39-19-20-6-2-1-3-7-20/h1-18H,19H2,(H,34,38)(H,35,37). The molecular weight excluding hydrogens is 497 g/mol. The predicted octanol–water partition coefficient (Wildman–Crippen LogP) is 3.06. The van der Waals surface area contributed by atoms with E-state index in [2.05, 4.69) is 15.0 Å². The van der Waals surface area contributed by atoms with Crippen molar-refractivity contribution in [3.8, 4) is 5.75 Å². The lowest BCUT2D eigenvalue weighted by Crippen LogP contribution is -2.46. The van der Waals surface area contributed by atoms with Crippen LogP contribution in [-0.4, -0.2) is 20.7 Å². The van der Waals surface area contributed by atoms with E-state index in [1.165, 1.54) is 36.4 Å². The quantitative estimate of drug-likeness (QED) is 0.322. The molecule has 0 fully saturated rings. The van der Waals surface area contributed by atoms with Gasteiger partial charge in [-0.05, 0) is 65.7 Å². The molecule has 0 atom stereocenters. The molecule has 0 amide bonds. The highest BCUT2D eigenvalue weighted by Gasteiger charge is 2.10. The van der Waals surface area contributed by atoms with E-state index in [4.69, 9.17) is 4.74 Å². The average molecular weight is 520 g/mol. The monoisotopic (exact) mass is 519 g/mol. The normalized spacial score (nSPS) is 11.9. The van der Waals surface area contributed by atoms with Gasteiger partial charge in [-0.25, -0.2) is 4.39 Å². The molecule has 0 radical (unpaired) electrons. The second kappa shape index (κ2) is 11.4. The van der Waals surface area contributed by atoms with Crippen molar-refractivity contribution < 1.29 is 13.9 Å². The fraction of sp³-hybridized carbons (Fsp3) is 0.0323. The number of hydrogen-bond acceptors (Lipinski definition) is 5. The van der Waals surface area contributed by atoms with Crippen molar-refractivity contribution in [3.05, 3.63) is 162 Å². The molecule has 192 valence electrons. The van der Waals surface area contributed by atoms with Gasteiger partial charge in [0.2, 0.25) is 0 Å². The number of nitrogens with one attached hydrogen (secondary N) is 2. The van der Waals surface area contributed by atoms with E-state index in [1.54, 1.807) is 42.6 Å². The molecule has 2 aromatic heterocycles. The van der Waals surface area contributed by atoms with Gasteiger partial charge in [0.15, 0.2) is 5.78 Å². The molecule has 2 heterocycles. The summed E-state index contributed by atoms with van der Waals surface area (Å²) in [6.07, 6.45) is 4.49. The molecule has 8 heteroatoms. The first-order valence-corrected chi connectivity index (χ1v) is 12.0. The van der Waals surface area contributed by atoms with Crippen molar-refractivity contribution >= 4 is 17.9 Å². The molecule has 3 aromatic carbocycles. The molecule has 5 aromatic rings. The number of nitrogens with zero attached hydrogens (tertiary/aromatic N) is 1. The Labute approximate surface area is 221 Å². The number of pyridine rings is 1. The lowest BCUT2D eigenvalue weighted by molar-refractivity contribution is 0.103. The maximum atomic E-state index is 13.2. The molecule has 0 saturated heterocycles. The number of carbonyl (C=O) groups excluding carboxylic acids is 1. The van der Waals surface area contributed by atoms with Crippen LogP contribution in [-0.2, 0) is 6.61 Å². The van der Waals surface area contributed by atoms with Crippen LogP contribution in [0.4, 0.5) is 4.39 Å². The number of benzene rings is 3. The molecule has 5 rings (SSSR count). The third kappa shape index (κ3) is 6.14. The molecule has 0 aliphatic carbocycles. The molecule has 0 saturated carbocycles. The fourth-order valence-electron chi connectivity index (χ4n) is 3.91. The third-order valence-electron chi connectivity index (χ3n) is 5.87. The topological polar surface area (TPSA) is 105 Å². The average Bonchev–Trinajstić information content (AvgIpc) is 2.96. The summed E-state index contributed by atoms with van der Waals surface area (Å²) in [6, 6.07) is 24.9. The van der Waals surface area contributed by atoms with Gasteiger partial charge < -0.3 is 14.7 Å². The van der Waals surface area contributed by atoms with Crippen LogP contribution in [0.1, 0.15) is 32.7 Å². The van der Waals surface area contributed by atoms with E-state index in [0.717, 1.165) is 5.56 Å². The third-order valence-corrected chi connectivity index (χ3v) is 5.87. The van der Waals surface area contributed by atoms with Gasteiger partial charge in [-0.1, -0.05) is 48.5 Å². The van der Waals surface area contributed by atoms with E-state index in [9.17, 15) is 18.8 Å². The Kier molecular flexibility index (Phi) is 7.36. The number of halogens is 1. The number of rotatable bonds is 7. The maximum absolute atomic E-state index is 13.2. The summed E-state index contributed by atoms with van der Waals surface area (Å²) in [7, 11) is 0. The second-order valence-electron chi connectivity index (χ2n) is 8.65. The smallest absolute Gasteiger partial charge is 0.272 e. The Balaban J connectivity index is 1.44. The van der Waals surface area contributed by atoms with Crippen molar-refractivity contribution in [2.45, 2.75) is 6.61 Å². The summed E-state index contributed by atoms with van der Waals surface area (Å²) >= 11 is 0. The molecule has 0 bridgehead atoms. The van der Waals surface area contributed by atoms with Crippen LogP contribution < -0.4 is 26.6 Å². The van der Waals surface area contributed by atoms with Gasteiger partial charge in [0.25, 0.3) is 11.1 Å². The Bertz CT molecular complexity index is 1880. The van der Waals surface area contributed by atoms with Gasteiger partial charge in [-0.15, -0.1) is 0 Å². The minimum Gasteiger partial charge on any atom is -0.487 e. The molecule has 0 aliphatic rings. The summed E-state index contributed by atoms with van der Waals surface area (Å²) in [5.41, 5.74) is 1.53. The SMILES string of the molecule is O=C(c1ccc(F)cc1)c1cccc(C=c2[nH]c(=O)c(=Cc3ncccc3OCc3ccccc3)[nH]c2=O)c1. The largest absolute Gasteiger partial charge is 0.487 e. The fourth-order valence-corrected chi connectivity index (χ4v) is 3.91. The molecule has 7 nitrogen and oxygen atoms in total. The van der Waals surface area contributed by atoms with Crippen LogP contribution in [0.2, 0.25) is 0 Å². The minimum atomic E-state index is -0.529. The summed E-state index contributed by atoms with van der Waals surface area (Å²) in [5.74, 6) is -0.269. The van der Waals surface area contributed by atoms with Crippen LogP contribution in [0.15, 0.2) is 107 Å². The molecule has 0 aliphatic heterocycles. The highest BCUT2D eigenvalue weighted by Crippen LogP contribution is 2.17. The van der Waals surface area contributed by atoms with Gasteiger partial charge in [0.1, 0.15) is 34.6 Å². The lowest BCUT2D eigenvalue weighted by Gasteiger charge is -2.08. The van der Waals surface area contributed by atoms with Gasteiger partial charge in [0.05, 0.1) is 0 Å². The van der Waals surface area contributed by atoms with Crippen molar-refractivity contribution in [3.63, 3.8) is 0 Å². The van der Waals surface area contributed by atoms with Gasteiger partial charge in [0, 0.05) is 17.3 Å². The number of ether oxygens (including phenoxy) is 1. The van der Waals surface area contributed by atoms with E-state index < -0.39 is 16.9 Å². The highest BCUT2D eigenvalue weighted by molar-refractivity contribution is 6.09. The number of aromatic amines is 2. The summed E-state index contributed by atoms with van der Waals surface area (Å²) < 4.78 is 19.1. The minimum absolute atomic E-state index is 0.0145.